The van der Waals surface area contributed by atoms with Gasteiger partial charge in [-0.05, 0) is 60.5 Å². The van der Waals surface area contributed by atoms with Crippen LogP contribution in [0.5, 0.6) is 0 Å². The molecule has 0 saturated heterocycles. The average Bonchev–Trinajstić information content (AvgIpc) is 2.72. The van der Waals surface area contributed by atoms with Crippen molar-refractivity contribution < 1.29 is 9.53 Å². The first kappa shape index (κ1) is 22.5. The van der Waals surface area contributed by atoms with Gasteiger partial charge >= 0.3 is 0 Å². The van der Waals surface area contributed by atoms with Crippen molar-refractivity contribution in [3.63, 3.8) is 0 Å². The molecule has 0 spiro atoms. The van der Waals surface area contributed by atoms with Crippen LogP contribution in [-0.4, -0.2) is 33.9 Å². The van der Waals surface area contributed by atoms with Gasteiger partial charge in [0.25, 0.3) is 5.56 Å². The molecule has 0 aliphatic carbocycles. The first-order valence-electron chi connectivity index (χ1n) is 9.74. The molecule has 0 aliphatic heterocycles. The molecule has 0 fully saturated rings. The number of anilines is 1. The first-order valence-corrected chi connectivity index (χ1v) is 11.5. The number of fused-ring (bicyclic) bond motifs is 1. The quantitative estimate of drug-likeness (QED) is 0.267. The van der Waals surface area contributed by atoms with Gasteiger partial charge in [-0.15, -0.1) is 0 Å². The number of nitrogens with one attached hydrogen (secondary N) is 1. The van der Waals surface area contributed by atoms with Crippen LogP contribution >= 0.6 is 27.7 Å². The molecule has 158 valence electrons. The van der Waals surface area contributed by atoms with E-state index in [0.29, 0.717) is 41.3 Å². The summed E-state index contributed by atoms with van der Waals surface area (Å²) in [5.41, 5.74) is 1.24. The minimum atomic E-state index is -0.163. The fourth-order valence-electron chi connectivity index (χ4n) is 2.88. The SMILES string of the molecule is CC(C)OCCCn1c(SCC(=O)Nc2ccccc2Br)nc2ccccc2c1=O. The number of halogens is 1. The van der Waals surface area contributed by atoms with Gasteiger partial charge in [-0.2, -0.15) is 0 Å². The van der Waals surface area contributed by atoms with Gasteiger partial charge < -0.3 is 10.1 Å². The van der Waals surface area contributed by atoms with Crippen molar-refractivity contribution in [1.29, 1.82) is 0 Å². The maximum atomic E-state index is 13.0. The molecule has 3 aromatic rings. The average molecular weight is 490 g/mol. The van der Waals surface area contributed by atoms with E-state index < -0.39 is 0 Å². The molecule has 0 unspecified atom stereocenters. The van der Waals surface area contributed by atoms with Gasteiger partial charge in [-0.25, -0.2) is 4.98 Å². The van der Waals surface area contributed by atoms with E-state index >= 15 is 0 Å². The van der Waals surface area contributed by atoms with Crippen LogP contribution < -0.4 is 10.9 Å². The van der Waals surface area contributed by atoms with Crippen molar-refractivity contribution in [1.82, 2.24) is 9.55 Å². The van der Waals surface area contributed by atoms with Gasteiger partial charge in [-0.1, -0.05) is 36.0 Å². The molecule has 1 heterocycles. The van der Waals surface area contributed by atoms with Gasteiger partial charge in [-0.3, -0.25) is 14.2 Å². The topological polar surface area (TPSA) is 73.2 Å². The van der Waals surface area contributed by atoms with E-state index in [9.17, 15) is 9.59 Å². The van der Waals surface area contributed by atoms with E-state index in [0.717, 1.165) is 4.47 Å². The second-order valence-corrected chi connectivity index (χ2v) is 8.75. The molecule has 0 saturated carbocycles. The summed E-state index contributed by atoms with van der Waals surface area (Å²) in [6.07, 6.45) is 0.834. The van der Waals surface area contributed by atoms with Crippen molar-refractivity contribution in [3.8, 4) is 0 Å². The highest BCUT2D eigenvalue weighted by Crippen LogP contribution is 2.23. The molecule has 0 aliphatic rings. The third-order valence-corrected chi connectivity index (χ3v) is 5.95. The Morgan fingerprint density at radius 3 is 2.70 bits per heavy atom. The van der Waals surface area contributed by atoms with Crippen LogP contribution in [0.2, 0.25) is 0 Å². The van der Waals surface area contributed by atoms with Gasteiger partial charge in [0, 0.05) is 17.6 Å². The lowest BCUT2D eigenvalue weighted by Crippen LogP contribution is -2.25. The number of aromatic nitrogens is 2. The third-order valence-electron chi connectivity index (χ3n) is 4.28. The zero-order valence-corrected chi connectivity index (χ0v) is 19.3. The number of carbonyl (C=O) groups excluding carboxylic acids is 1. The Kier molecular flexibility index (Phi) is 8.07. The van der Waals surface area contributed by atoms with Crippen LogP contribution in [0.15, 0.2) is 63.0 Å². The Morgan fingerprint density at radius 1 is 1.20 bits per heavy atom. The Labute approximate surface area is 188 Å². The minimum Gasteiger partial charge on any atom is -0.379 e. The highest BCUT2D eigenvalue weighted by Gasteiger charge is 2.14. The molecule has 8 heteroatoms. The largest absolute Gasteiger partial charge is 0.379 e. The highest BCUT2D eigenvalue weighted by atomic mass is 79.9. The van der Waals surface area contributed by atoms with Crippen molar-refractivity contribution in [2.75, 3.05) is 17.7 Å². The summed E-state index contributed by atoms with van der Waals surface area (Å²) >= 11 is 4.68. The van der Waals surface area contributed by atoms with E-state index in [-0.39, 0.29) is 23.3 Å². The molecular weight excluding hydrogens is 466 g/mol. The number of ether oxygens (including phenoxy) is 1. The van der Waals surface area contributed by atoms with Crippen LogP contribution in [0.3, 0.4) is 0 Å². The van der Waals surface area contributed by atoms with Crippen molar-refractivity contribution in [2.24, 2.45) is 0 Å². The van der Waals surface area contributed by atoms with Gasteiger partial charge in [0.2, 0.25) is 5.91 Å². The number of para-hydroxylation sites is 2. The number of thioether (sulfide) groups is 1. The normalized spacial score (nSPS) is 11.2. The summed E-state index contributed by atoms with van der Waals surface area (Å²) in [5, 5.41) is 3.98. The van der Waals surface area contributed by atoms with Crippen LogP contribution in [0, 0.1) is 0 Å². The monoisotopic (exact) mass is 489 g/mol. The molecule has 1 N–H and O–H groups in total. The number of rotatable bonds is 9. The van der Waals surface area contributed by atoms with Crippen molar-refractivity contribution >= 4 is 50.2 Å². The van der Waals surface area contributed by atoms with Crippen LogP contribution in [0.1, 0.15) is 20.3 Å². The van der Waals surface area contributed by atoms with E-state index in [2.05, 4.69) is 26.2 Å². The smallest absolute Gasteiger partial charge is 0.262 e. The maximum absolute atomic E-state index is 13.0. The number of carbonyl (C=O) groups is 1. The molecule has 0 radical (unpaired) electrons. The molecule has 0 bridgehead atoms. The Hall–Kier alpha value is -2.16. The molecule has 0 atom stereocenters. The van der Waals surface area contributed by atoms with Crippen LogP contribution in [-0.2, 0) is 16.1 Å². The fraction of sp³-hybridized carbons (Fsp3) is 0.318. The minimum absolute atomic E-state index is 0.0983. The van der Waals surface area contributed by atoms with E-state index in [1.165, 1.54) is 11.8 Å². The van der Waals surface area contributed by atoms with Crippen molar-refractivity contribution in [2.45, 2.75) is 38.1 Å². The first-order chi connectivity index (χ1) is 14.5. The number of hydrogen-bond donors (Lipinski definition) is 1. The second kappa shape index (κ2) is 10.7. The van der Waals surface area contributed by atoms with Gasteiger partial charge in [0.15, 0.2) is 5.16 Å². The third kappa shape index (κ3) is 5.93. The predicted octanol–water partition coefficient (Wildman–Crippen LogP) is 4.70. The standard InChI is InChI=1S/C22H24BrN3O3S/c1-15(2)29-13-7-12-26-21(28)16-8-3-5-10-18(16)25-22(26)30-14-20(27)24-19-11-6-4-9-17(19)23/h3-6,8-11,15H,7,12-14H2,1-2H3,(H,24,27). The lowest BCUT2D eigenvalue weighted by molar-refractivity contribution is -0.113. The number of benzene rings is 2. The molecule has 6 nitrogen and oxygen atoms in total. The Bertz CT molecular complexity index is 1080. The lowest BCUT2D eigenvalue weighted by Gasteiger charge is -2.14. The summed E-state index contributed by atoms with van der Waals surface area (Å²) in [4.78, 5) is 30.1. The molecular formula is C22H24BrN3O3S. The Balaban J connectivity index is 1.77. The summed E-state index contributed by atoms with van der Waals surface area (Å²) in [6.45, 7) is 5.00. The zero-order chi connectivity index (χ0) is 21.5. The lowest BCUT2D eigenvalue weighted by atomic mass is 10.2. The molecule has 1 aromatic heterocycles. The van der Waals surface area contributed by atoms with Crippen LogP contribution in [0.25, 0.3) is 10.9 Å². The summed E-state index contributed by atoms with van der Waals surface area (Å²) < 4.78 is 8.05. The predicted molar refractivity (Wildman–Crippen MR) is 125 cm³/mol. The van der Waals surface area contributed by atoms with E-state index in [1.807, 2.05) is 56.3 Å². The molecule has 2 aromatic carbocycles. The number of amides is 1. The number of nitrogens with zero attached hydrogens (tertiary/aromatic N) is 2. The van der Waals surface area contributed by atoms with Crippen LogP contribution in [0.4, 0.5) is 5.69 Å². The van der Waals surface area contributed by atoms with Gasteiger partial charge in [0.05, 0.1) is 28.4 Å². The number of hydrogen-bond acceptors (Lipinski definition) is 5. The molecule has 1 amide bonds. The summed E-state index contributed by atoms with van der Waals surface area (Å²) in [7, 11) is 0. The second-order valence-electron chi connectivity index (χ2n) is 6.96. The maximum Gasteiger partial charge on any atom is 0.262 e. The van der Waals surface area contributed by atoms with Gasteiger partial charge in [0.1, 0.15) is 0 Å². The summed E-state index contributed by atoms with van der Waals surface area (Å²) in [6, 6.07) is 14.7. The summed E-state index contributed by atoms with van der Waals surface area (Å²) in [5.74, 6) is -0.0155. The molecule has 30 heavy (non-hydrogen) atoms. The highest BCUT2D eigenvalue weighted by molar-refractivity contribution is 9.10. The van der Waals surface area contributed by atoms with E-state index in [1.54, 1.807) is 10.6 Å². The fourth-order valence-corrected chi connectivity index (χ4v) is 4.08. The molecule has 3 rings (SSSR count). The zero-order valence-electron chi connectivity index (χ0n) is 16.9. The van der Waals surface area contributed by atoms with Crippen molar-refractivity contribution in [3.05, 3.63) is 63.4 Å². The Morgan fingerprint density at radius 2 is 1.93 bits per heavy atom. The van der Waals surface area contributed by atoms with E-state index in [4.69, 9.17) is 4.74 Å².